The molecule has 164 valence electrons. The highest BCUT2D eigenvalue weighted by Gasteiger charge is 2.52. The third-order valence-corrected chi connectivity index (χ3v) is 6.48. The van der Waals surface area contributed by atoms with Crippen molar-refractivity contribution in [2.45, 2.75) is 58.0 Å². The Hall–Kier alpha value is -3.16. The van der Waals surface area contributed by atoms with E-state index in [1.165, 1.54) is 0 Å². The average Bonchev–Trinajstić information content (AvgIpc) is 3.26. The summed E-state index contributed by atoms with van der Waals surface area (Å²) in [6.07, 6.45) is 5.80. The second kappa shape index (κ2) is 8.53. The third kappa shape index (κ3) is 4.33. The Morgan fingerprint density at radius 1 is 1.26 bits per heavy atom. The zero-order valence-corrected chi connectivity index (χ0v) is 18.1. The zero-order chi connectivity index (χ0) is 22.0. The molecule has 1 spiro atoms. The highest BCUT2D eigenvalue weighted by Crippen LogP contribution is 2.37. The van der Waals surface area contributed by atoms with Crippen LogP contribution in [0.1, 0.15) is 50.2 Å². The van der Waals surface area contributed by atoms with Crippen LogP contribution < -0.4 is 10.6 Å². The second-order valence-corrected chi connectivity index (χ2v) is 8.67. The van der Waals surface area contributed by atoms with Crippen LogP contribution in [0.5, 0.6) is 0 Å². The first-order chi connectivity index (χ1) is 14.9. The molecule has 1 aromatic carbocycles. The number of benzene rings is 1. The van der Waals surface area contributed by atoms with Gasteiger partial charge in [0.25, 0.3) is 5.91 Å². The number of imide groups is 1. The minimum Gasteiger partial charge on any atom is -0.323 e. The number of amides is 4. The summed E-state index contributed by atoms with van der Waals surface area (Å²) in [6.45, 7) is 4.38. The van der Waals surface area contributed by atoms with Crippen LogP contribution in [0.15, 0.2) is 36.5 Å². The van der Waals surface area contributed by atoms with E-state index in [2.05, 4.69) is 28.7 Å². The topological polar surface area (TPSA) is 96.3 Å². The summed E-state index contributed by atoms with van der Waals surface area (Å²) in [5.74, 6) is 0.419. The number of carbonyl (C=O) groups is 3. The van der Waals surface area contributed by atoms with Crippen molar-refractivity contribution in [2.24, 2.45) is 5.92 Å². The van der Waals surface area contributed by atoms with Crippen LogP contribution in [0.3, 0.4) is 0 Å². The summed E-state index contributed by atoms with van der Waals surface area (Å²) >= 11 is 0. The molecule has 2 N–H and O–H groups in total. The molecule has 8 nitrogen and oxygen atoms in total. The maximum atomic E-state index is 13.0. The number of aryl methyl sites for hydroxylation is 1. The van der Waals surface area contributed by atoms with E-state index in [0.717, 1.165) is 35.3 Å². The van der Waals surface area contributed by atoms with E-state index in [0.29, 0.717) is 31.1 Å². The summed E-state index contributed by atoms with van der Waals surface area (Å²) < 4.78 is 1.69. The number of rotatable bonds is 6. The molecule has 31 heavy (non-hydrogen) atoms. The number of anilines is 1. The molecule has 1 aromatic heterocycles. The number of carbonyl (C=O) groups excluding carboxylic acids is 3. The highest BCUT2D eigenvalue weighted by molar-refractivity contribution is 6.10. The van der Waals surface area contributed by atoms with Crippen molar-refractivity contribution in [3.63, 3.8) is 0 Å². The molecular formula is C23H29N5O3. The first kappa shape index (κ1) is 21.1. The molecule has 8 heteroatoms. The SMILES string of the molecule is CCC1CCC2(CC1)NC(=O)N(CC(=O)Nc1ccnn1Cc1cccc(C)c1)C2=O. The Bertz CT molecular complexity index is 991. The van der Waals surface area contributed by atoms with E-state index < -0.39 is 17.5 Å². The standard InChI is InChI=1S/C23H29N5O3/c1-3-17-7-10-23(11-8-17)21(30)27(22(31)26-23)15-20(29)25-19-9-12-24-28(19)14-18-6-4-5-16(2)13-18/h4-6,9,12-13,17H,3,7-8,10-11,14-15H2,1-2H3,(H,25,29)(H,26,31). The molecule has 2 aromatic rings. The number of urea groups is 1. The minimum atomic E-state index is -0.837. The van der Waals surface area contributed by atoms with Gasteiger partial charge < -0.3 is 10.6 Å². The van der Waals surface area contributed by atoms with Crippen molar-refractivity contribution in [3.8, 4) is 0 Å². The predicted molar refractivity (Wildman–Crippen MR) is 116 cm³/mol. The van der Waals surface area contributed by atoms with Gasteiger partial charge in [0, 0.05) is 6.07 Å². The van der Waals surface area contributed by atoms with Gasteiger partial charge in [-0.25, -0.2) is 9.48 Å². The van der Waals surface area contributed by atoms with Crippen LogP contribution in [0.25, 0.3) is 0 Å². The van der Waals surface area contributed by atoms with Crippen LogP contribution >= 0.6 is 0 Å². The van der Waals surface area contributed by atoms with Gasteiger partial charge in [-0.05, 0) is 44.1 Å². The van der Waals surface area contributed by atoms with Gasteiger partial charge in [-0.1, -0.05) is 43.2 Å². The first-order valence-electron chi connectivity index (χ1n) is 10.9. The Morgan fingerprint density at radius 2 is 2.03 bits per heavy atom. The molecular weight excluding hydrogens is 394 g/mol. The predicted octanol–water partition coefficient (Wildman–Crippen LogP) is 3.07. The van der Waals surface area contributed by atoms with E-state index >= 15 is 0 Å². The van der Waals surface area contributed by atoms with Gasteiger partial charge in [0.1, 0.15) is 17.9 Å². The molecule has 2 heterocycles. The molecule has 1 saturated carbocycles. The number of nitrogens with zero attached hydrogens (tertiary/aromatic N) is 3. The quantitative estimate of drug-likeness (QED) is 0.698. The molecule has 1 saturated heterocycles. The van der Waals surface area contributed by atoms with E-state index in [4.69, 9.17) is 0 Å². The van der Waals surface area contributed by atoms with Crippen LogP contribution in [-0.2, 0) is 16.1 Å². The fraction of sp³-hybridized carbons (Fsp3) is 0.478. The highest BCUT2D eigenvalue weighted by atomic mass is 16.2. The number of aromatic nitrogens is 2. The van der Waals surface area contributed by atoms with Gasteiger partial charge in [0.2, 0.25) is 5.91 Å². The van der Waals surface area contributed by atoms with Crippen LogP contribution in [0.4, 0.5) is 10.6 Å². The largest absolute Gasteiger partial charge is 0.325 e. The molecule has 2 fully saturated rings. The number of nitrogens with one attached hydrogen (secondary N) is 2. The van der Waals surface area contributed by atoms with E-state index in [1.54, 1.807) is 16.9 Å². The van der Waals surface area contributed by atoms with Crippen molar-refractivity contribution >= 4 is 23.7 Å². The van der Waals surface area contributed by atoms with Gasteiger partial charge in [-0.15, -0.1) is 0 Å². The van der Waals surface area contributed by atoms with E-state index in [1.807, 2.05) is 25.1 Å². The van der Waals surface area contributed by atoms with Gasteiger partial charge in [-0.2, -0.15) is 5.10 Å². The molecule has 0 bridgehead atoms. The lowest BCUT2D eigenvalue weighted by Crippen LogP contribution is -2.49. The molecule has 0 atom stereocenters. The molecule has 1 aliphatic heterocycles. The van der Waals surface area contributed by atoms with Gasteiger partial charge in [-0.3, -0.25) is 14.5 Å². The number of hydrogen-bond acceptors (Lipinski definition) is 4. The molecule has 0 unspecified atom stereocenters. The smallest absolute Gasteiger partial charge is 0.323 e. The van der Waals surface area contributed by atoms with Crippen molar-refractivity contribution in [1.29, 1.82) is 0 Å². The Morgan fingerprint density at radius 3 is 2.74 bits per heavy atom. The van der Waals surface area contributed by atoms with Crippen molar-refractivity contribution < 1.29 is 14.4 Å². The molecule has 0 radical (unpaired) electrons. The molecule has 4 rings (SSSR count). The van der Waals surface area contributed by atoms with Crippen LogP contribution in [-0.4, -0.2) is 44.6 Å². The fourth-order valence-corrected chi connectivity index (χ4v) is 4.61. The maximum Gasteiger partial charge on any atom is 0.325 e. The first-order valence-corrected chi connectivity index (χ1v) is 10.9. The maximum absolute atomic E-state index is 13.0. The van der Waals surface area contributed by atoms with Gasteiger partial charge >= 0.3 is 6.03 Å². The Balaban J connectivity index is 1.39. The second-order valence-electron chi connectivity index (χ2n) is 8.67. The minimum absolute atomic E-state index is 0.282. The third-order valence-electron chi connectivity index (χ3n) is 6.48. The molecule has 1 aliphatic carbocycles. The van der Waals surface area contributed by atoms with Crippen molar-refractivity contribution in [3.05, 3.63) is 47.7 Å². The molecule has 2 aliphatic rings. The Kier molecular flexibility index (Phi) is 5.80. The summed E-state index contributed by atoms with van der Waals surface area (Å²) in [7, 11) is 0. The summed E-state index contributed by atoms with van der Waals surface area (Å²) in [4.78, 5) is 39.2. The number of hydrogen-bond donors (Lipinski definition) is 2. The Labute approximate surface area is 182 Å². The van der Waals surface area contributed by atoms with E-state index in [-0.39, 0.29) is 12.5 Å². The lowest BCUT2D eigenvalue weighted by atomic mass is 9.75. The van der Waals surface area contributed by atoms with Crippen molar-refractivity contribution in [2.75, 3.05) is 11.9 Å². The normalized spacial score (nSPS) is 23.3. The monoisotopic (exact) mass is 423 g/mol. The lowest BCUT2D eigenvalue weighted by molar-refractivity contribution is -0.135. The fourth-order valence-electron chi connectivity index (χ4n) is 4.61. The summed E-state index contributed by atoms with van der Waals surface area (Å²) in [5, 5.41) is 9.94. The zero-order valence-electron chi connectivity index (χ0n) is 18.1. The summed E-state index contributed by atoms with van der Waals surface area (Å²) in [5.41, 5.74) is 1.38. The van der Waals surface area contributed by atoms with Crippen LogP contribution in [0.2, 0.25) is 0 Å². The average molecular weight is 424 g/mol. The van der Waals surface area contributed by atoms with Gasteiger partial charge in [0.05, 0.1) is 12.7 Å². The van der Waals surface area contributed by atoms with Crippen LogP contribution in [0, 0.1) is 12.8 Å². The molecule has 4 amide bonds. The lowest BCUT2D eigenvalue weighted by Gasteiger charge is -2.34. The van der Waals surface area contributed by atoms with E-state index in [9.17, 15) is 14.4 Å². The van der Waals surface area contributed by atoms with Crippen molar-refractivity contribution in [1.82, 2.24) is 20.0 Å². The van der Waals surface area contributed by atoms with Gasteiger partial charge in [0.15, 0.2) is 0 Å². The summed E-state index contributed by atoms with van der Waals surface area (Å²) in [6, 6.07) is 9.28.